The summed E-state index contributed by atoms with van der Waals surface area (Å²) in [5.41, 5.74) is 1.66. The van der Waals surface area contributed by atoms with Crippen molar-refractivity contribution >= 4 is 32.8 Å². The summed E-state index contributed by atoms with van der Waals surface area (Å²) in [5, 5.41) is 0.986. The quantitative estimate of drug-likeness (QED) is 0.859. The maximum atomic E-state index is 12.3. The van der Waals surface area contributed by atoms with Crippen LogP contribution in [0.5, 0.6) is 0 Å². The van der Waals surface area contributed by atoms with Gasteiger partial charge in [0.2, 0.25) is 0 Å². The molecule has 2 aromatic rings. The Hall–Kier alpha value is -1.29. The number of nitrogens with zero attached hydrogens (tertiary/aromatic N) is 1. The van der Waals surface area contributed by atoms with Gasteiger partial charge in [-0.25, -0.2) is 0 Å². The number of carbonyl (C=O) groups is 1. The summed E-state index contributed by atoms with van der Waals surface area (Å²) in [7, 11) is 0. The van der Waals surface area contributed by atoms with Gasteiger partial charge in [-0.3, -0.25) is 4.79 Å². The van der Waals surface area contributed by atoms with Crippen LogP contribution in [0.4, 0.5) is 0 Å². The summed E-state index contributed by atoms with van der Waals surface area (Å²) in [6.45, 7) is 7.24. The highest BCUT2D eigenvalue weighted by Crippen LogP contribution is 2.28. The molecule has 0 atom stereocenters. The number of benzene rings is 1. The number of furan rings is 1. The van der Waals surface area contributed by atoms with Gasteiger partial charge in [0.15, 0.2) is 5.76 Å². The highest BCUT2D eigenvalue weighted by atomic mass is 79.9. The van der Waals surface area contributed by atoms with Crippen molar-refractivity contribution in [2.75, 3.05) is 13.1 Å². The Morgan fingerprint density at radius 3 is 2.61 bits per heavy atom. The molecule has 0 N–H and O–H groups in total. The van der Waals surface area contributed by atoms with E-state index < -0.39 is 0 Å². The maximum Gasteiger partial charge on any atom is 0.289 e. The number of aryl methyl sites for hydroxylation is 1. The minimum Gasteiger partial charge on any atom is -0.451 e. The van der Waals surface area contributed by atoms with E-state index in [-0.39, 0.29) is 5.91 Å². The molecule has 1 amide bonds. The minimum absolute atomic E-state index is 0.0372. The molecule has 1 aromatic carbocycles. The van der Waals surface area contributed by atoms with E-state index in [0.717, 1.165) is 21.0 Å². The van der Waals surface area contributed by atoms with Crippen molar-refractivity contribution in [3.05, 3.63) is 34.0 Å². The molecule has 0 spiro atoms. The van der Waals surface area contributed by atoms with Crippen LogP contribution in [0.3, 0.4) is 0 Å². The van der Waals surface area contributed by atoms with Crippen molar-refractivity contribution in [3.63, 3.8) is 0 Å². The monoisotopic (exact) mass is 309 g/mol. The number of amides is 1. The first-order valence-electron chi connectivity index (χ1n) is 6.06. The van der Waals surface area contributed by atoms with Crippen LogP contribution in [-0.4, -0.2) is 23.9 Å². The largest absolute Gasteiger partial charge is 0.451 e. The molecule has 0 radical (unpaired) electrons. The van der Waals surface area contributed by atoms with Gasteiger partial charge in [0.1, 0.15) is 5.58 Å². The summed E-state index contributed by atoms with van der Waals surface area (Å²) in [6.07, 6.45) is 0. The molecule has 1 heterocycles. The van der Waals surface area contributed by atoms with Crippen LogP contribution in [0.2, 0.25) is 0 Å². The van der Waals surface area contributed by atoms with Gasteiger partial charge in [0.05, 0.1) is 0 Å². The molecule has 0 saturated heterocycles. The number of rotatable bonds is 3. The predicted octanol–water partition coefficient (Wildman–Crippen LogP) is 3.99. The van der Waals surface area contributed by atoms with Gasteiger partial charge in [-0.1, -0.05) is 15.9 Å². The molecule has 1 aromatic heterocycles. The van der Waals surface area contributed by atoms with Crippen molar-refractivity contribution in [1.82, 2.24) is 4.90 Å². The van der Waals surface area contributed by atoms with E-state index in [0.29, 0.717) is 18.8 Å². The molecular weight excluding hydrogens is 294 g/mol. The second-order valence-electron chi connectivity index (χ2n) is 4.17. The van der Waals surface area contributed by atoms with Crippen LogP contribution in [-0.2, 0) is 0 Å². The van der Waals surface area contributed by atoms with Gasteiger partial charge in [0.25, 0.3) is 5.91 Å². The summed E-state index contributed by atoms with van der Waals surface area (Å²) in [6, 6.07) is 5.77. The molecule has 3 nitrogen and oxygen atoms in total. The van der Waals surface area contributed by atoms with Crippen molar-refractivity contribution in [1.29, 1.82) is 0 Å². The average molecular weight is 310 g/mol. The SMILES string of the molecule is CCN(CC)C(=O)c1oc2ccc(Br)cc2c1C. The molecule has 4 heteroatoms. The maximum absolute atomic E-state index is 12.3. The number of hydrogen-bond donors (Lipinski definition) is 0. The third-order valence-electron chi connectivity index (χ3n) is 3.14. The third kappa shape index (κ3) is 2.17. The molecule has 96 valence electrons. The first-order chi connectivity index (χ1) is 8.58. The summed E-state index contributed by atoms with van der Waals surface area (Å²) >= 11 is 3.43. The molecule has 0 bridgehead atoms. The van der Waals surface area contributed by atoms with Gasteiger partial charge in [0, 0.05) is 28.5 Å². The Balaban J connectivity index is 2.52. The molecule has 0 saturated carbocycles. The highest BCUT2D eigenvalue weighted by molar-refractivity contribution is 9.10. The van der Waals surface area contributed by atoms with Crippen LogP contribution in [0.25, 0.3) is 11.0 Å². The van der Waals surface area contributed by atoms with E-state index in [9.17, 15) is 4.79 Å². The lowest BCUT2D eigenvalue weighted by atomic mass is 10.1. The zero-order chi connectivity index (χ0) is 13.3. The minimum atomic E-state index is -0.0372. The predicted molar refractivity (Wildman–Crippen MR) is 75.9 cm³/mol. The fraction of sp³-hybridized carbons (Fsp3) is 0.357. The third-order valence-corrected chi connectivity index (χ3v) is 3.64. The normalized spacial score (nSPS) is 10.9. The molecule has 2 rings (SSSR count). The molecule has 0 fully saturated rings. The van der Waals surface area contributed by atoms with E-state index in [1.165, 1.54) is 0 Å². The smallest absolute Gasteiger partial charge is 0.289 e. The van der Waals surface area contributed by atoms with E-state index in [2.05, 4.69) is 15.9 Å². The number of hydrogen-bond acceptors (Lipinski definition) is 2. The standard InChI is InChI=1S/C14H16BrNO2/c1-4-16(5-2)14(17)13-9(3)11-8-10(15)6-7-12(11)18-13/h6-8H,4-5H2,1-3H3. The van der Waals surface area contributed by atoms with Crippen LogP contribution < -0.4 is 0 Å². The van der Waals surface area contributed by atoms with Crippen molar-refractivity contribution in [3.8, 4) is 0 Å². The molecule has 0 aliphatic rings. The van der Waals surface area contributed by atoms with E-state index in [4.69, 9.17) is 4.42 Å². The zero-order valence-electron chi connectivity index (χ0n) is 10.8. The van der Waals surface area contributed by atoms with Gasteiger partial charge in [-0.05, 0) is 39.0 Å². The summed E-state index contributed by atoms with van der Waals surface area (Å²) in [4.78, 5) is 14.1. The second kappa shape index (κ2) is 5.14. The van der Waals surface area contributed by atoms with E-state index >= 15 is 0 Å². The fourth-order valence-electron chi connectivity index (χ4n) is 2.05. The van der Waals surface area contributed by atoms with Crippen molar-refractivity contribution < 1.29 is 9.21 Å². The Bertz CT molecular complexity index is 585. The molecule has 18 heavy (non-hydrogen) atoms. The van der Waals surface area contributed by atoms with Gasteiger partial charge >= 0.3 is 0 Å². The number of halogens is 1. The van der Waals surface area contributed by atoms with Crippen LogP contribution in [0.15, 0.2) is 27.1 Å². The van der Waals surface area contributed by atoms with Gasteiger partial charge in [-0.15, -0.1) is 0 Å². The lowest BCUT2D eigenvalue weighted by Crippen LogP contribution is -2.30. The van der Waals surface area contributed by atoms with Crippen LogP contribution in [0.1, 0.15) is 30.0 Å². The molecule has 0 aliphatic heterocycles. The molecule has 0 aliphatic carbocycles. The number of fused-ring (bicyclic) bond motifs is 1. The van der Waals surface area contributed by atoms with Crippen molar-refractivity contribution in [2.24, 2.45) is 0 Å². The van der Waals surface area contributed by atoms with E-state index in [1.807, 2.05) is 39.0 Å². The van der Waals surface area contributed by atoms with E-state index in [1.54, 1.807) is 4.90 Å². The summed E-state index contributed by atoms with van der Waals surface area (Å²) in [5.74, 6) is 0.414. The van der Waals surface area contributed by atoms with Gasteiger partial charge < -0.3 is 9.32 Å². The zero-order valence-corrected chi connectivity index (χ0v) is 12.4. The van der Waals surface area contributed by atoms with Crippen molar-refractivity contribution in [2.45, 2.75) is 20.8 Å². The second-order valence-corrected chi connectivity index (χ2v) is 5.09. The first-order valence-corrected chi connectivity index (χ1v) is 6.85. The van der Waals surface area contributed by atoms with Crippen LogP contribution in [0, 0.1) is 6.92 Å². The van der Waals surface area contributed by atoms with Crippen LogP contribution >= 0.6 is 15.9 Å². The molecule has 0 unspecified atom stereocenters. The summed E-state index contributed by atoms with van der Waals surface area (Å²) < 4.78 is 6.67. The fourth-order valence-corrected chi connectivity index (χ4v) is 2.41. The Labute approximate surface area is 115 Å². The lowest BCUT2D eigenvalue weighted by molar-refractivity contribution is 0.0742. The topological polar surface area (TPSA) is 33.5 Å². The number of carbonyl (C=O) groups excluding carboxylic acids is 1. The molecular formula is C14H16BrNO2. The Kier molecular flexibility index (Phi) is 3.76. The average Bonchev–Trinajstić information content (AvgIpc) is 2.68. The Morgan fingerprint density at radius 1 is 1.33 bits per heavy atom. The van der Waals surface area contributed by atoms with Gasteiger partial charge in [-0.2, -0.15) is 0 Å². The lowest BCUT2D eigenvalue weighted by Gasteiger charge is -2.17. The Morgan fingerprint density at radius 2 is 2.00 bits per heavy atom. The highest BCUT2D eigenvalue weighted by Gasteiger charge is 2.21. The first kappa shape index (κ1) is 13.1.